The summed E-state index contributed by atoms with van der Waals surface area (Å²) < 4.78 is 13.9. The Balaban J connectivity index is 2.07. The number of carbonyl (C=O) groups excluding carboxylic acids is 1. The van der Waals surface area contributed by atoms with Gasteiger partial charge in [0.2, 0.25) is 0 Å². The van der Waals surface area contributed by atoms with Crippen LogP contribution >= 0.6 is 15.9 Å². The minimum absolute atomic E-state index is 0.156. The molecule has 0 saturated carbocycles. The van der Waals surface area contributed by atoms with Gasteiger partial charge in [0, 0.05) is 6.54 Å². The molecule has 0 aromatic heterocycles. The van der Waals surface area contributed by atoms with Gasteiger partial charge in [-0.25, -0.2) is 4.39 Å². The molecule has 0 N–H and O–H groups in total. The summed E-state index contributed by atoms with van der Waals surface area (Å²) in [4.78, 5) is 14.6. The van der Waals surface area contributed by atoms with Crippen molar-refractivity contribution in [3.05, 3.63) is 63.4 Å². The van der Waals surface area contributed by atoms with Crippen molar-refractivity contribution in [2.45, 2.75) is 19.8 Å². The van der Waals surface area contributed by atoms with Crippen molar-refractivity contribution in [3.8, 4) is 0 Å². The number of carbonyl (C=O) groups is 1. The summed E-state index contributed by atoms with van der Waals surface area (Å²) in [7, 11) is 0. The highest BCUT2D eigenvalue weighted by Crippen LogP contribution is 2.33. The van der Waals surface area contributed by atoms with Crippen LogP contribution in [0.25, 0.3) is 0 Å². The van der Waals surface area contributed by atoms with Gasteiger partial charge in [-0.1, -0.05) is 24.3 Å². The summed E-state index contributed by atoms with van der Waals surface area (Å²) >= 11 is 3.18. The zero-order valence-electron chi connectivity index (χ0n) is 11.7. The molecule has 0 fully saturated rings. The van der Waals surface area contributed by atoms with Crippen molar-refractivity contribution < 1.29 is 9.18 Å². The molecule has 1 aliphatic heterocycles. The van der Waals surface area contributed by atoms with Gasteiger partial charge in [-0.05, 0) is 59.0 Å². The molecule has 1 amide bonds. The van der Waals surface area contributed by atoms with E-state index in [-0.39, 0.29) is 10.4 Å². The molecule has 0 spiro atoms. The third-order valence-corrected chi connectivity index (χ3v) is 4.65. The highest BCUT2D eigenvalue weighted by Gasteiger charge is 2.26. The maximum absolute atomic E-state index is 13.7. The molecule has 0 bridgehead atoms. The van der Waals surface area contributed by atoms with E-state index < -0.39 is 5.82 Å². The van der Waals surface area contributed by atoms with Gasteiger partial charge in [0.15, 0.2) is 0 Å². The summed E-state index contributed by atoms with van der Waals surface area (Å²) in [6.45, 7) is 2.67. The Bertz CT molecular complexity index is 714. The lowest BCUT2D eigenvalue weighted by atomic mass is 9.97. The molecule has 0 aliphatic carbocycles. The van der Waals surface area contributed by atoms with Crippen molar-refractivity contribution >= 4 is 27.5 Å². The van der Waals surface area contributed by atoms with Crippen LogP contribution in [0.15, 0.2) is 40.9 Å². The summed E-state index contributed by atoms with van der Waals surface area (Å²) in [5, 5.41) is 0. The normalized spacial score (nSPS) is 14.0. The summed E-state index contributed by atoms with van der Waals surface area (Å²) in [6.07, 6.45) is 1.90. The van der Waals surface area contributed by atoms with Crippen LogP contribution in [0.2, 0.25) is 0 Å². The van der Waals surface area contributed by atoms with E-state index in [1.54, 1.807) is 17.0 Å². The number of anilines is 1. The lowest BCUT2D eigenvalue weighted by Crippen LogP contribution is -2.36. The maximum atomic E-state index is 13.7. The number of fused-ring (bicyclic) bond motifs is 1. The van der Waals surface area contributed by atoms with Crippen LogP contribution in [0.5, 0.6) is 0 Å². The number of hydrogen-bond acceptors (Lipinski definition) is 1. The Morgan fingerprint density at radius 2 is 2.00 bits per heavy atom. The second kappa shape index (κ2) is 5.60. The molecule has 2 nitrogen and oxygen atoms in total. The van der Waals surface area contributed by atoms with Crippen LogP contribution < -0.4 is 4.90 Å². The first kappa shape index (κ1) is 14.3. The van der Waals surface area contributed by atoms with E-state index in [1.807, 2.05) is 19.1 Å². The number of para-hydroxylation sites is 1. The number of nitrogens with zero attached hydrogens (tertiary/aromatic N) is 1. The van der Waals surface area contributed by atoms with Gasteiger partial charge in [0.25, 0.3) is 5.91 Å². The Kier molecular flexibility index (Phi) is 3.81. The molecule has 2 aromatic carbocycles. The molecule has 0 saturated heterocycles. The molecule has 0 radical (unpaired) electrons. The quantitative estimate of drug-likeness (QED) is 0.744. The Morgan fingerprint density at radius 3 is 2.81 bits per heavy atom. The molecular weight excluding hydrogens is 333 g/mol. The standard InChI is InChI=1S/C17H15BrFNO/c1-11-5-2-6-12-7-4-10-20(16(11)12)17(21)13-8-3-9-14(19)15(13)18/h2-3,5-6,8-9H,4,7,10H2,1H3. The predicted molar refractivity (Wildman–Crippen MR) is 85.3 cm³/mol. The Labute approximate surface area is 131 Å². The fourth-order valence-corrected chi connectivity index (χ4v) is 3.30. The van der Waals surface area contributed by atoms with Crippen LogP contribution in [-0.4, -0.2) is 12.5 Å². The van der Waals surface area contributed by atoms with Gasteiger partial charge in [-0.2, -0.15) is 0 Å². The average molecular weight is 348 g/mol. The lowest BCUT2D eigenvalue weighted by molar-refractivity contribution is 0.0983. The number of amides is 1. The van der Waals surface area contributed by atoms with Crippen LogP contribution in [0.3, 0.4) is 0 Å². The largest absolute Gasteiger partial charge is 0.308 e. The van der Waals surface area contributed by atoms with Crippen molar-refractivity contribution in [2.24, 2.45) is 0 Å². The first-order valence-electron chi connectivity index (χ1n) is 6.94. The third kappa shape index (κ3) is 2.48. The molecule has 108 valence electrons. The molecule has 4 heteroatoms. The summed E-state index contributed by atoms with van der Waals surface area (Å²) in [6, 6.07) is 10.6. The zero-order chi connectivity index (χ0) is 15.0. The number of benzene rings is 2. The molecule has 0 atom stereocenters. The van der Waals surface area contributed by atoms with Crippen molar-refractivity contribution in [1.29, 1.82) is 0 Å². The molecular formula is C17H15BrFNO. The van der Waals surface area contributed by atoms with Gasteiger partial charge in [-0.15, -0.1) is 0 Å². The van der Waals surface area contributed by atoms with Crippen molar-refractivity contribution in [1.82, 2.24) is 0 Å². The SMILES string of the molecule is Cc1cccc2c1N(C(=O)c1cccc(F)c1Br)CCC2. The third-order valence-electron chi connectivity index (χ3n) is 3.85. The molecule has 2 aromatic rings. The van der Waals surface area contributed by atoms with Gasteiger partial charge < -0.3 is 4.90 Å². The highest BCUT2D eigenvalue weighted by molar-refractivity contribution is 9.10. The van der Waals surface area contributed by atoms with E-state index in [2.05, 4.69) is 22.0 Å². The monoisotopic (exact) mass is 347 g/mol. The van der Waals surface area contributed by atoms with E-state index in [4.69, 9.17) is 0 Å². The lowest BCUT2D eigenvalue weighted by Gasteiger charge is -2.31. The molecule has 3 rings (SSSR count). The summed E-state index contributed by atoms with van der Waals surface area (Å²) in [5.74, 6) is -0.570. The second-order valence-corrected chi connectivity index (χ2v) is 6.04. The fourth-order valence-electron chi connectivity index (χ4n) is 2.86. The Morgan fingerprint density at radius 1 is 1.24 bits per heavy atom. The van der Waals surface area contributed by atoms with E-state index in [9.17, 15) is 9.18 Å². The van der Waals surface area contributed by atoms with Crippen molar-refractivity contribution in [2.75, 3.05) is 11.4 Å². The van der Waals surface area contributed by atoms with Gasteiger partial charge in [0.05, 0.1) is 15.7 Å². The first-order valence-corrected chi connectivity index (χ1v) is 7.73. The molecule has 0 unspecified atom stereocenters. The van der Waals surface area contributed by atoms with Crippen LogP contribution in [0.1, 0.15) is 27.9 Å². The van der Waals surface area contributed by atoms with Gasteiger partial charge in [0.1, 0.15) is 5.82 Å². The Hall–Kier alpha value is -1.68. The molecule has 21 heavy (non-hydrogen) atoms. The average Bonchev–Trinajstić information content (AvgIpc) is 2.49. The topological polar surface area (TPSA) is 20.3 Å². The minimum atomic E-state index is -0.414. The molecule has 1 aliphatic rings. The van der Waals surface area contributed by atoms with E-state index >= 15 is 0 Å². The number of rotatable bonds is 1. The fraction of sp³-hybridized carbons (Fsp3) is 0.235. The maximum Gasteiger partial charge on any atom is 0.259 e. The van der Waals surface area contributed by atoms with Crippen LogP contribution in [-0.2, 0) is 6.42 Å². The van der Waals surface area contributed by atoms with Gasteiger partial charge >= 0.3 is 0 Å². The van der Waals surface area contributed by atoms with E-state index in [0.717, 1.165) is 24.1 Å². The number of hydrogen-bond donors (Lipinski definition) is 0. The minimum Gasteiger partial charge on any atom is -0.308 e. The van der Waals surface area contributed by atoms with E-state index in [1.165, 1.54) is 11.6 Å². The smallest absolute Gasteiger partial charge is 0.259 e. The van der Waals surface area contributed by atoms with Crippen LogP contribution in [0, 0.1) is 12.7 Å². The second-order valence-electron chi connectivity index (χ2n) is 5.24. The summed E-state index contributed by atoms with van der Waals surface area (Å²) in [5.41, 5.74) is 3.60. The van der Waals surface area contributed by atoms with Crippen LogP contribution in [0.4, 0.5) is 10.1 Å². The first-order chi connectivity index (χ1) is 10.1. The van der Waals surface area contributed by atoms with Gasteiger partial charge in [-0.3, -0.25) is 4.79 Å². The predicted octanol–water partition coefficient (Wildman–Crippen LogP) is 4.49. The highest BCUT2D eigenvalue weighted by atomic mass is 79.9. The zero-order valence-corrected chi connectivity index (χ0v) is 13.3. The number of halogens is 2. The van der Waals surface area contributed by atoms with Crippen molar-refractivity contribution in [3.63, 3.8) is 0 Å². The van der Waals surface area contributed by atoms with E-state index in [0.29, 0.717) is 12.1 Å². The number of aryl methyl sites for hydroxylation is 2. The molecule has 1 heterocycles.